The zero-order valence-electron chi connectivity index (χ0n) is 20.9. The third-order valence-electron chi connectivity index (χ3n) is 5.83. The SMILES string of the molecule is CC(=O)NS(=O)(=O)c1ccccc1-c1ccc(CC(C(N)=O)C(=O)NC[C@@H](S)Cc2ccccc2F)c(F)c1. The smallest absolute Gasteiger partial charge is 0.264 e. The molecule has 3 aromatic rings. The van der Waals surface area contributed by atoms with Crippen molar-refractivity contribution in [2.24, 2.45) is 11.7 Å². The van der Waals surface area contributed by atoms with Crippen LogP contribution in [0.25, 0.3) is 11.1 Å². The Labute approximate surface area is 230 Å². The number of carbonyl (C=O) groups excluding carboxylic acids is 3. The summed E-state index contributed by atoms with van der Waals surface area (Å²) in [6.45, 7) is 1.07. The van der Waals surface area contributed by atoms with Crippen LogP contribution in [0.2, 0.25) is 0 Å². The Morgan fingerprint density at radius 2 is 1.56 bits per heavy atom. The monoisotopic (exact) mass is 575 g/mol. The summed E-state index contributed by atoms with van der Waals surface area (Å²) < 4.78 is 56.0. The lowest BCUT2D eigenvalue weighted by Gasteiger charge is -2.17. The van der Waals surface area contributed by atoms with E-state index in [0.29, 0.717) is 5.56 Å². The van der Waals surface area contributed by atoms with Crippen LogP contribution in [0.1, 0.15) is 18.1 Å². The van der Waals surface area contributed by atoms with Crippen molar-refractivity contribution in [2.75, 3.05) is 6.54 Å². The van der Waals surface area contributed by atoms with Crippen LogP contribution in [0.3, 0.4) is 0 Å². The molecule has 39 heavy (non-hydrogen) atoms. The highest BCUT2D eigenvalue weighted by atomic mass is 32.2. The van der Waals surface area contributed by atoms with Crippen LogP contribution in [0.4, 0.5) is 8.78 Å². The number of rotatable bonds is 11. The lowest BCUT2D eigenvalue weighted by molar-refractivity contribution is -0.133. The van der Waals surface area contributed by atoms with Crippen LogP contribution in [0.15, 0.2) is 71.6 Å². The van der Waals surface area contributed by atoms with Gasteiger partial charge in [-0.3, -0.25) is 14.4 Å². The van der Waals surface area contributed by atoms with Gasteiger partial charge in [-0.1, -0.05) is 48.5 Å². The van der Waals surface area contributed by atoms with Crippen LogP contribution in [0, 0.1) is 17.6 Å². The average Bonchev–Trinajstić information content (AvgIpc) is 2.87. The first-order valence-corrected chi connectivity index (χ1v) is 13.8. The van der Waals surface area contributed by atoms with Gasteiger partial charge in [0.25, 0.3) is 10.0 Å². The molecule has 12 heteroatoms. The molecule has 4 N–H and O–H groups in total. The maximum atomic E-state index is 15.1. The van der Waals surface area contributed by atoms with E-state index in [0.717, 1.165) is 13.0 Å². The van der Waals surface area contributed by atoms with Crippen molar-refractivity contribution >= 4 is 40.4 Å². The lowest BCUT2D eigenvalue weighted by Crippen LogP contribution is -2.42. The van der Waals surface area contributed by atoms with Gasteiger partial charge in [-0.05, 0) is 47.7 Å². The zero-order chi connectivity index (χ0) is 28.7. The second kappa shape index (κ2) is 12.9. The molecule has 8 nitrogen and oxygen atoms in total. The van der Waals surface area contributed by atoms with Gasteiger partial charge in [0.15, 0.2) is 0 Å². The predicted octanol–water partition coefficient (Wildman–Crippen LogP) is 2.76. The minimum absolute atomic E-state index is 0.00804. The van der Waals surface area contributed by atoms with Crippen molar-refractivity contribution in [1.82, 2.24) is 10.0 Å². The summed E-state index contributed by atoms with van der Waals surface area (Å²) in [6, 6.07) is 15.8. The van der Waals surface area contributed by atoms with Gasteiger partial charge in [-0.25, -0.2) is 21.9 Å². The third kappa shape index (κ3) is 7.87. The summed E-state index contributed by atoms with van der Waals surface area (Å²) in [5.41, 5.74) is 6.20. The van der Waals surface area contributed by atoms with E-state index in [1.807, 2.05) is 4.72 Å². The Morgan fingerprint density at radius 3 is 2.21 bits per heavy atom. The lowest BCUT2D eigenvalue weighted by atomic mass is 9.95. The number of halogens is 2. The van der Waals surface area contributed by atoms with Gasteiger partial charge in [-0.15, -0.1) is 0 Å². The Balaban J connectivity index is 1.74. The van der Waals surface area contributed by atoms with E-state index in [-0.39, 0.29) is 41.0 Å². The summed E-state index contributed by atoms with van der Waals surface area (Å²) >= 11 is 4.37. The van der Waals surface area contributed by atoms with Crippen LogP contribution >= 0.6 is 12.6 Å². The van der Waals surface area contributed by atoms with Crippen molar-refractivity contribution < 1.29 is 31.6 Å². The molecule has 0 spiro atoms. The molecule has 0 aliphatic rings. The Morgan fingerprint density at radius 1 is 0.923 bits per heavy atom. The van der Waals surface area contributed by atoms with Gasteiger partial charge < -0.3 is 11.1 Å². The number of carbonyl (C=O) groups is 3. The summed E-state index contributed by atoms with van der Waals surface area (Å²) in [4.78, 5) is 35.9. The van der Waals surface area contributed by atoms with Crippen molar-refractivity contribution in [3.63, 3.8) is 0 Å². The van der Waals surface area contributed by atoms with Crippen molar-refractivity contribution in [3.8, 4) is 11.1 Å². The second-order valence-corrected chi connectivity index (χ2v) is 11.2. The highest BCUT2D eigenvalue weighted by Crippen LogP contribution is 2.29. The Bertz CT molecular complexity index is 1500. The summed E-state index contributed by atoms with van der Waals surface area (Å²) in [5, 5.41) is 2.10. The van der Waals surface area contributed by atoms with Gasteiger partial charge in [0.1, 0.15) is 17.6 Å². The number of hydrogen-bond acceptors (Lipinski definition) is 6. The van der Waals surface area contributed by atoms with E-state index in [1.165, 1.54) is 36.4 Å². The summed E-state index contributed by atoms with van der Waals surface area (Å²) in [5.74, 6) is -5.06. The van der Waals surface area contributed by atoms with Crippen molar-refractivity contribution in [2.45, 2.75) is 29.9 Å². The van der Waals surface area contributed by atoms with E-state index in [9.17, 15) is 27.2 Å². The maximum absolute atomic E-state index is 15.1. The zero-order valence-corrected chi connectivity index (χ0v) is 22.6. The normalized spacial score (nSPS) is 12.8. The van der Waals surface area contributed by atoms with Gasteiger partial charge in [-0.2, -0.15) is 12.6 Å². The molecule has 0 saturated heterocycles. The molecule has 2 atom stereocenters. The van der Waals surface area contributed by atoms with Crippen LogP contribution in [0.5, 0.6) is 0 Å². The number of nitrogens with one attached hydrogen (secondary N) is 2. The average molecular weight is 576 g/mol. The molecule has 3 amide bonds. The highest BCUT2D eigenvalue weighted by Gasteiger charge is 2.27. The fourth-order valence-corrected chi connectivity index (χ4v) is 5.45. The Hall–Kier alpha value is -3.77. The molecule has 3 aromatic carbocycles. The highest BCUT2D eigenvalue weighted by molar-refractivity contribution is 7.90. The number of benzene rings is 3. The summed E-state index contributed by atoms with van der Waals surface area (Å²) in [6.07, 6.45) is -0.115. The van der Waals surface area contributed by atoms with E-state index in [4.69, 9.17) is 5.73 Å². The molecule has 0 aromatic heterocycles. The van der Waals surface area contributed by atoms with E-state index >= 15 is 4.39 Å². The minimum atomic E-state index is -4.20. The minimum Gasteiger partial charge on any atom is -0.369 e. The van der Waals surface area contributed by atoms with E-state index < -0.39 is 50.5 Å². The van der Waals surface area contributed by atoms with Crippen LogP contribution in [-0.2, 0) is 37.2 Å². The van der Waals surface area contributed by atoms with Gasteiger partial charge in [0.2, 0.25) is 17.7 Å². The largest absolute Gasteiger partial charge is 0.369 e. The molecule has 1 unspecified atom stereocenters. The molecule has 0 saturated carbocycles. The van der Waals surface area contributed by atoms with Crippen LogP contribution < -0.4 is 15.8 Å². The predicted molar refractivity (Wildman–Crippen MR) is 145 cm³/mol. The quantitative estimate of drug-likeness (QED) is 0.206. The number of thiol groups is 1. The second-order valence-electron chi connectivity index (χ2n) is 8.82. The number of sulfonamides is 1. The number of amides is 3. The molecule has 0 fully saturated rings. The molecule has 206 valence electrons. The van der Waals surface area contributed by atoms with Crippen molar-refractivity contribution in [3.05, 3.63) is 89.5 Å². The molecular formula is C27H27F2N3O5S2. The molecule has 0 heterocycles. The first kappa shape index (κ1) is 29.8. The van der Waals surface area contributed by atoms with Crippen LogP contribution in [-0.4, -0.2) is 37.9 Å². The third-order valence-corrected chi connectivity index (χ3v) is 7.68. The topological polar surface area (TPSA) is 135 Å². The first-order chi connectivity index (χ1) is 18.4. The molecule has 0 bridgehead atoms. The fourth-order valence-electron chi connectivity index (χ4n) is 3.94. The van der Waals surface area contributed by atoms with E-state index in [2.05, 4.69) is 17.9 Å². The number of primary amides is 1. The molecule has 0 radical (unpaired) electrons. The van der Waals surface area contributed by atoms with Crippen molar-refractivity contribution in [1.29, 1.82) is 0 Å². The van der Waals surface area contributed by atoms with Gasteiger partial charge in [0.05, 0.1) is 4.90 Å². The molecule has 0 aliphatic carbocycles. The number of hydrogen-bond donors (Lipinski definition) is 4. The fraction of sp³-hybridized carbons (Fsp3) is 0.222. The summed E-state index contributed by atoms with van der Waals surface area (Å²) in [7, 11) is -4.20. The molecule has 3 rings (SSSR count). The standard InChI is InChI=1S/C27H27F2N3O5S2/c1-16(33)32-39(36,37)25-9-5-3-7-21(25)17-10-11-19(24(29)14-17)13-22(26(30)34)27(35)31-15-20(38)12-18-6-2-4-8-23(18)28/h2-11,14,20,22,38H,12-13,15H2,1H3,(H2,30,34)(H,31,35)(H,32,33)/t20-,22?/m0/s1. The Kier molecular flexibility index (Phi) is 9.81. The molecule has 0 aliphatic heterocycles. The van der Waals surface area contributed by atoms with Gasteiger partial charge in [0, 0.05) is 24.3 Å². The first-order valence-electron chi connectivity index (χ1n) is 11.8. The maximum Gasteiger partial charge on any atom is 0.264 e. The van der Waals surface area contributed by atoms with E-state index in [1.54, 1.807) is 24.3 Å². The van der Waals surface area contributed by atoms with Gasteiger partial charge >= 0.3 is 0 Å². The number of nitrogens with two attached hydrogens (primary N) is 1. The molecular weight excluding hydrogens is 548 g/mol.